The number of hydrogen-bond acceptors (Lipinski definition) is 3. The van der Waals surface area contributed by atoms with Gasteiger partial charge in [0.15, 0.2) is 0 Å². The van der Waals surface area contributed by atoms with Crippen molar-refractivity contribution in [3.63, 3.8) is 0 Å². The predicted molar refractivity (Wildman–Crippen MR) is 62.2 cm³/mol. The highest BCUT2D eigenvalue weighted by atomic mass is 16.5. The molecule has 2 heterocycles. The monoisotopic (exact) mass is 226 g/mol. The van der Waals surface area contributed by atoms with Gasteiger partial charge >= 0.3 is 0 Å². The summed E-state index contributed by atoms with van der Waals surface area (Å²) < 4.78 is 5.36. The van der Waals surface area contributed by atoms with Crippen LogP contribution in [0.1, 0.15) is 26.7 Å². The van der Waals surface area contributed by atoms with E-state index in [1.165, 1.54) is 0 Å². The Morgan fingerprint density at radius 1 is 1.50 bits per heavy atom. The topological polar surface area (TPSA) is 41.6 Å². The largest absolute Gasteiger partial charge is 0.378 e. The second kappa shape index (κ2) is 5.15. The van der Waals surface area contributed by atoms with E-state index in [0.717, 1.165) is 26.1 Å². The van der Waals surface area contributed by atoms with Crippen molar-refractivity contribution in [1.29, 1.82) is 0 Å². The Balaban J connectivity index is 1.82. The second-order valence-corrected chi connectivity index (χ2v) is 5.17. The number of nitrogens with one attached hydrogen (secondary N) is 1. The number of likely N-dealkylation sites (tertiary alicyclic amines) is 1. The van der Waals surface area contributed by atoms with E-state index < -0.39 is 0 Å². The standard InChI is InChI=1S/C12H22N2O2/c1-9-5-10(2)14(7-9)12(15)6-11-8-16-4-3-13-11/h9-11,13H,3-8H2,1-2H3. The number of carbonyl (C=O) groups excluding carboxylic acids is 1. The SMILES string of the molecule is CC1CC(C)N(C(=O)CC2COCCN2)C1. The van der Waals surface area contributed by atoms with Gasteiger partial charge in [-0.05, 0) is 19.3 Å². The van der Waals surface area contributed by atoms with Crippen LogP contribution >= 0.6 is 0 Å². The molecular weight excluding hydrogens is 204 g/mol. The molecular formula is C12H22N2O2. The van der Waals surface area contributed by atoms with Gasteiger partial charge in [0.05, 0.1) is 13.2 Å². The summed E-state index contributed by atoms with van der Waals surface area (Å²) in [6, 6.07) is 0.622. The van der Waals surface area contributed by atoms with Crippen LogP contribution in [0.3, 0.4) is 0 Å². The lowest BCUT2D eigenvalue weighted by molar-refractivity contribution is -0.133. The molecule has 2 fully saturated rings. The maximum Gasteiger partial charge on any atom is 0.224 e. The zero-order valence-corrected chi connectivity index (χ0v) is 10.2. The summed E-state index contributed by atoms with van der Waals surface area (Å²) in [5.41, 5.74) is 0. The van der Waals surface area contributed by atoms with Gasteiger partial charge in [0, 0.05) is 31.6 Å². The average molecular weight is 226 g/mol. The van der Waals surface area contributed by atoms with E-state index in [1.807, 2.05) is 4.90 Å². The second-order valence-electron chi connectivity index (χ2n) is 5.17. The first-order valence-electron chi connectivity index (χ1n) is 6.27. The van der Waals surface area contributed by atoms with Crippen molar-refractivity contribution in [3.8, 4) is 0 Å². The zero-order chi connectivity index (χ0) is 11.5. The van der Waals surface area contributed by atoms with Crippen LogP contribution in [0.2, 0.25) is 0 Å². The minimum atomic E-state index is 0.212. The third-order valence-electron chi connectivity index (χ3n) is 3.52. The Labute approximate surface area is 97.3 Å². The van der Waals surface area contributed by atoms with Gasteiger partial charge in [0.1, 0.15) is 0 Å². The number of morpholine rings is 1. The van der Waals surface area contributed by atoms with Gasteiger partial charge in [0.25, 0.3) is 0 Å². The average Bonchev–Trinajstić information content (AvgIpc) is 2.59. The first kappa shape index (κ1) is 11.9. The van der Waals surface area contributed by atoms with E-state index in [9.17, 15) is 4.79 Å². The molecule has 0 spiro atoms. The lowest BCUT2D eigenvalue weighted by Crippen LogP contribution is -2.45. The zero-order valence-electron chi connectivity index (χ0n) is 10.2. The highest BCUT2D eigenvalue weighted by Crippen LogP contribution is 2.23. The van der Waals surface area contributed by atoms with Crippen LogP contribution in [0.15, 0.2) is 0 Å². The van der Waals surface area contributed by atoms with Crippen molar-refractivity contribution in [1.82, 2.24) is 10.2 Å². The Hall–Kier alpha value is -0.610. The summed E-state index contributed by atoms with van der Waals surface area (Å²) >= 11 is 0. The van der Waals surface area contributed by atoms with Crippen LogP contribution in [-0.2, 0) is 9.53 Å². The van der Waals surface area contributed by atoms with Gasteiger partial charge in [-0.25, -0.2) is 0 Å². The van der Waals surface area contributed by atoms with Crippen LogP contribution in [0.5, 0.6) is 0 Å². The predicted octanol–water partition coefficient (Wildman–Crippen LogP) is 0.622. The molecule has 0 aromatic carbocycles. The van der Waals surface area contributed by atoms with Crippen molar-refractivity contribution in [2.45, 2.75) is 38.8 Å². The Morgan fingerprint density at radius 2 is 2.31 bits per heavy atom. The highest BCUT2D eigenvalue weighted by Gasteiger charge is 2.31. The molecule has 0 radical (unpaired) electrons. The summed E-state index contributed by atoms with van der Waals surface area (Å²) in [6.07, 6.45) is 1.72. The van der Waals surface area contributed by atoms with E-state index in [2.05, 4.69) is 19.2 Å². The lowest BCUT2D eigenvalue weighted by Gasteiger charge is -2.27. The molecule has 2 aliphatic rings. The molecule has 0 saturated carbocycles. The first-order chi connectivity index (χ1) is 7.66. The van der Waals surface area contributed by atoms with Gasteiger partial charge in [-0.2, -0.15) is 0 Å². The molecule has 0 aromatic rings. The number of rotatable bonds is 2. The minimum Gasteiger partial charge on any atom is -0.378 e. The molecule has 1 N–H and O–H groups in total. The fourth-order valence-electron chi connectivity index (χ4n) is 2.73. The molecule has 92 valence electrons. The quantitative estimate of drug-likeness (QED) is 0.750. The Kier molecular flexibility index (Phi) is 3.82. The highest BCUT2D eigenvalue weighted by molar-refractivity contribution is 5.77. The normalized spacial score (nSPS) is 35.4. The fraction of sp³-hybridized carbons (Fsp3) is 0.917. The van der Waals surface area contributed by atoms with Gasteiger partial charge in [-0.1, -0.05) is 6.92 Å². The van der Waals surface area contributed by atoms with Gasteiger partial charge in [0.2, 0.25) is 5.91 Å². The van der Waals surface area contributed by atoms with Crippen LogP contribution in [-0.4, -0.2) is 49.2 Å². The van der Waals surface area contributed by atoms with E-state index in [4.69, 9.17) is 4.74 Å². The van der Waals surface area contributed by atoms with Crippen LogP contribution in [0, 0.1) is 5.92 Å². The van der Waals surface area contributed by atoms with E-state index in [-0.39, 0.29) is 11.9 Å². The Bertz CT molecular complexity index is 251. The Morgan fingerprint density at radius 3 is 2.88 bits per heavy atom. The van der Waals surface area contributed by atoms with Crippen LogP contribution < -0.4 is 5.32 Å². The summed E-state index contributed by atoms with van der Waals surface area (Å²) in [7, 11) is 0. The minimum absolute atomic E-state index is 0.212. The molecule has 16 heavy (non-hydrogen) atoms. The van der Waals surface area contributed by atoms with E-state index >= 15 is 0 Å². The summed E-state index contributed by atoms with van der Waals surface area (Å²) in [5.74, 6) is 0.925. The number of carbonyl (C=O) groups is 1. The van der Waals surface area contributed by atoms with Gasteiger partial charge < -0.3 is 15.0 Å². The maximum atomic E-state index is 12.1. The summed E-state index contributed by atoms with van der Waals surface area (Å²) in [4.78, 5) is 14.1. The molecule has 2 saturated heterocycles. The lowest BCUT2D eigenvalue weighted by atomic mass is 10.1. The molecule has 0 aromatic heterocycles. The molecule has 4 heteroatoms. The molecule has 2 rings (SSSR count). The van der Waals surface area contributed by atoms with Crippen molar-refractivity contribution in [2.75, 3.05) is 26.3 Å². The third-order valence-corrected chi connectivity index (χ3v) is 3.52. The molecule has 0 bridgehead atoms. The fourth-order valence-corrected chi connectivity index (χ4v) is 2.73. The van der Waals surface area contributed by atoms with Crippen molar-refractivity contribution >= 4 is 5.91 Å². The molecule has 3 atom stereocenters. The number of nitrogens with zero attached hydrogens (tertiary/aromatic N) is 1. The number of hydrogen-bond donors (Lipinski definition) is 1. The maximum absolute atomic E-state index is 12.1. The van der Waals surface area contributed by atoms with E-state index in [1.54, 1.807) is 0 Å². The summed E-state index contributed by atoms with van der Waals surface area (Å²) in [5, 5.41) is 3.33. The van der Waals surface area contributed by atoms with E-state index in [0.29, 0.717) is 25.0 Å². The summed E-state index contributed by atoms with van der Waals surface area (Å²) in [6.45, 7) is 7.58. The molecule has 3 unspecified atom stereocenters. The van der Waals surface area contributed by atoms with Gasteiger partial charge in [-0.15, -0.1) is 0 Å². The van der Waals surface area contributed by atoms with Crippen molar-refractivity contribution in [2.24, 2.45) is 5.92 Å². The third kappa shape index (κ3) is 2.74. The molecule has 4 nitrogen and oxygen atoms in total. The van der Waals surface area contributed by atoms with Gasteiger partial charge in [-0.3, -0.25) is 4.79 Å². The number of ether oxygens (including phenoxy) is 1. The number of amides is 1. The molecule has 1 amide bonds. The first-order valence-corrected chi connectivity index (χ1v) is 6.27. The smallest absolute Gasteiger partial charge is 0.224 e. The van der Waals surface area contributed by atoms with Crippen LogP contribution in [0.4, 0.5) is 0 Å². The van der Waals surface area contributed by atoms with Crippen molar-refractivity contribution in [3.05, 3.63) is 0 Å². The molecule has 2 aliphatic heterocycles. The van der Waals surface area contributed by atoms with Crippen molar-refractivity contribution < 1.29 is 9.53 Å². The van der Waals surface area contributed by atoms with Crippen LogP contribution in [0.25, 0.3) is 0 Å². The molecule has 0 aliphatic carbocycles.